The van der Waals surface area contributed by atoms with Gasteiger partial charge in [0.05, 0.1) is 11.0 Å². The van der Waals surface area contributed by atoms with Gasteiger partial charge in [0.25, 0.3) is 0 Å². The molecule has 0 aliphatic carbocycles. The van der Waals surface area contributed by atoms with Crippen molar-refractivity contribution in [2.24, 2.45) is 5.92 Å². The van der Waals surface area contributed by atoms with Crippen molar-refractivity contribution in [3.05, 3.63) is 79.1 Å². The van der Waals surface area contributed by atoms with E-state index in [1.54, 1.807) is 12.7 Å². The van der Waals surface area contributed by atoms with Crippen molar-refractivity contribution in [2.75, 3.05) is 59.7 Å². The largest absolute Gasteiger partial charge is 0.369 e. The molecule has 0 atom stereocenters. The van der Waals surface area contributed by atoms with Crippen LogP contribution >= 0.6 is 0 Å². The molecule has 0 saturated carbocycles. The van der Waals surface area contributed by atoms with Crippen molar-refractivity contribution in [3.8, 4) is 0 Å². The Balaban J connectivity index is 1.09. The van der Waals surface area contributed by atoms with Crippen LogP contribution in [0.5, 0.6) is 0 Å². The number of nitrogens with one attached hydrogen (secondary N) is 2. The molecule has 1 aliphatic rings. The maximum Gasteiger partial charge on any atom is 0.137 e. The van der Waals surface area contributed by atoms with Gasteiger partial charge in [0.2, 0.25) is 0 Å². The molecule has 1 fully saturated rings. The predicted molar refractivity (Wildman–Crippen MR) is 168 cm³/mol. The maximum absolute atomic E-state index is 4.57. The summed E-state index contributed by atoms with van der Waals surface area (Å²) in [6.07, 6.45) is 7.09. The molecule has 0 unspecified atom stereocenters. The molecule has 4 heterocycles. The summed E-state index contributed by atoms with van der Waals surface area (Å²) in [5, 5.41) is 9.06. The van der Waals surface area contributed by atoms with Crippen LogP contribution in [0.25, 0.3) is 21.8 Å². The van der Waals surface area contributed by atoms with Gasteiger partial charge in [-0.1, -0.05) is 19.9 Å². The van der Waals surface area contributed by atoms with Crippen LogP contribution in [0.2, 0.25) is 0 Å². The molecule has 210 valence electrons. The Kier molecular flexibility index (Phi) is 8.02. The Morgan fingerprint density at radius 3 is 1.80 bits per heavy atom. The van der Waals surface area contributed by atoms with Gasteiger partial charge in [-0.2, -0.15) is 0 Å². The highest BCUT2D eigenvalue weighted by molar-refractivity contribution is 5.92. The van der Waals surface area contributed by atoms with Gasteiger partial charge in [-0.3, -0.25) is 4.98 Å². The minimum absolute atomic E-state index is 0.659. The molecule has 3 aromatic heterocycles. The minimum Gasteiger partial charge on any atom is -0.369 e. The van der Waals surface area contributed by atoms with Crippen LogP contribution in [0.3, 0.4) is 0 Å². The second-order valence-electron chi connectivity index (χ2n) is 10.9. The van der Waals surface area contributed by atoms with Crippen molar-refractivity contribution in [1.82, 2.24) is 24.9 Å². The van der Waals surface area contributed by atoms with Crippen molar-refractivity contribution >= 4 is 44.8 Å². The Hall–Kier alpha value is -4.53. The number of pyridine rings is 1. The van der Waals surface area contributed by atoms with Crippen LogP contribution < -0.4 is 20.4 Å². The van der Waals surface area contributed by atoms with E-state index in [-0.39, 0.29) is 0 Å². The lowest BCUT2D eigenvalue weighted by atomic mass is 10.1. The SMILES string of the molecule is CC(C)CCNc1ncnc2cc(N3CCN(c4ccc5c(NCCc6ccccn6)ncnc5c4)CC3)ccc12. The van der Waals surface area contributed by atoms with E-state index >= 15 is 0 Å². The predicted octanol–water partition coefficient (Wildman–Crippen LogP) is 5.41. The Bertz CT molecular complexity index is 1600. The van der Waals surface area contributed by atoms with Gasteiger partial charge in [0.15, 0.2) is 0 Å². The summed E-state index contributed by atoms with van der Waals surface area (Å²) in [5.74, 6) is 2.44. The molecule has 1 aliphatic heterocycles. The van der Waals surface area contributed by atoms with Gasteiger partial charge < -0.3 is 20.4 Å². The second-order valence-corrected chi connectivity index (χ2v) is 10.9. The van der Waals surface area contributed by atoms with Crippen LogP contribution in [-0.4, -0.2) is 64.2 Å². The van der Waals surface area contributed by atoms with E-state index in [0.717, 1.165) is 91.2 Å². The van der Waals surface area contributed by atoms with E-state index in [9.17, 15) is 0 Å². The van der Waals surface area contributed by atoms with E-state index < -0.39 is 0 Å². The lowest BCUT2D eigenvalue weighted by molar-refractivity contribution is 0.607. The highest BCUT2D eigenvalue weighted by atomic mass is 15.3. The van der Waals surface area contributed by atoms with Crippen molar-refractivity contribution in [2.45, 2.75) is 26.7 Å². The van der Waals surface area contributed by atoms with Gasteiger partial charge in [0, 0.05) is 79.7 Å². The topological polar surface area (TPSA) is 95.0 Å². The fourth-order valence-electron chi connectivity index (χ4n) is 5.32. The molecule has 0 amide bonds. The smallest absolute Gasteiger partial charge is 0.137 e. The highest BCUT2D eigenvalue weighted by Gasteiger charge is 2.19. The van der Waals surface area contributed by atoms with Gasteiger partial charge in [-0.15, -0.1) is 0 Å². The third kappa shape index (κ3) is 6.29. The van der Waals surface area contributed by atoms with Gasteiger partial charge in [-0.05, 0) is 60.9 Å². The van der Waals surface area contributed by atoms with Gasteiger partial charge >= 0.3 is 0 Å². The first-order valence-electron chi connectivity index (χ1n) is 14.5. The molecule has 41 heavy (non-hydrogen) atoms. The lowest BCUT2D eigenvalue weighted by Gasteiger charge is -2.37. The third-order valence-corrected chi connectivity index (χ3v) is 7.66. The zero-order valence-electron chi connectivity index (χ0n) is 23.8. The fourth-order valence-corrected chi connectivity index (χ4v) is 5.32. The normalized spacial score (nSPS) is 13.7. The molecule has 6 rings (SSSR count). The summed E-state index contributed by atoms with van der Waals surface area (Å²) in [6, 6.07) is 19.0. The Morgan fingerprint density at radius 1 is 0.683 bits per heavy atom. The van der Waals surface area contributed by atoms with Gasteiger partial charge in [-0.25, -0.2) is 19.9 Å². The number of benzene rings is 2. The molecule has 0 bridgehead atoms. The second kappa shape index (κ2) is 12.3. The monoisotopic (exact) mass is 547 g/mol. The quantitative estimate of drug-likeness (QED) is 0.238. The molecule has 0 radical (unpaired) electrons. The Morgan fingerprint density at radius 2 is 1.27 bits per heavy atom. The molecule has 1 saturated heterocycles. The van der Waals surface area contributed by atoms with Crippen molar-refractivity contribution < 1.29 is 0 Å². The molecule has 9 heteroatoms. The maximum atomic E-state index is 4.57. The van der Waals surface area contributed by atoms with E-state index in [1.807, 2.05) is 24.4 Å². The van der Waals surface area contributed by atoms with E-state index in [4.69, 9.17) is 0 Å². The highest BCUT2D eigenvalue weighted by Crippen LogP contribution is 2.28. The van der Waals surface area contributed by atoms with Crippen molar-refractivity contribution in [1.29, 1.82) is 0 Å². The zero-order chi connectivity index (χ0) is 28.0. The van der Waals surface area contributed by atoms with E-state index in [2.05, 4.69) is 95.6 Å². The molecule has 9 nitrogen and oxygen atoms in total. The molecule has 5 aromatic rings. The van der Waals surface area contributed by atoms with Crippen LogP contribution in [-0.2, 0) is 6.42 Å². The summed E-state index contributed by atoms with van der Waals surface area (Å²) in [5.41, 5.74) is 5.39. The number of piperazine rings is 1. The molecular weight excluding hydrogens is 510 g/mol. The number of anilines is 4. The number of rotatable bonds is 10. The number of hydrogen-bond acceptors (Lipinski definition) is 9. The van der Waals surface area contributed by atoms with Crippen molar-refractivity contribution in [3.63, 3.8) is 0 Å². The molecular formula is C32H37N9. The fraction of sp³-hybridized carbons (Fsp3) is 0.344. The minimum atomic E-state index is 0.659. The van der Waals surface area contributed by atoms with Crippen LogP contribution in [0.15, 0.2) is 73.4 Å². The number of fused-ring (bicyclic) bond motifs is 2. The molecule has 2 N–H and O–H groups in total. The molecule has 0 spiro atoms. The van der Waals surface area contributed by atoms with Gasteiger partial charge in [0.1, 0.15) is 24.3 Å². The third-order valence-electron chi connectivity index (χ3n) is 7.66. The van der Waals surface area contributed by atoms with Crippen LogP contribution in [0.4, 0.5) is 23.0 Å². The average molecular weight is 548 g/mol. The summed E-state index contributed by atoms with van der Waals surface area (Å²) >= 11 is 0. The first-order valence-corrected chi connectivity index (χ1v) is 14.5. The number of hydrogen-bond donors (Lipinski definition) is 2. The number of aromatic nitrogens is 5. The van der Waals surface area contributed by atoms with Crippen LogP contribution in [0.1, 0.15) is 26.0 Å². The summed E-state index contributed by atoms with van der Waals surface area (Å²) < 4.78 is 0. The van der Waals surface area contributed by atoms with Crippen LogP contribution in [0, 0.1) is 5.92 Å². The lowest BCUT2D eigenvalue weighted by Crippen LogP contribution is -2.46. The first-order chi connectivity index (χ1) is 20.1. The average Bonchev–Trinajstić information content (AvgIpc) is 3.01. The van der Waals surface area contributed by atoms with E-state index in [1.165, 1.54) is 11.4 Å². The summed E-state index contributed by atoms with van der Waals surface area (Å²) in [6.45, 7) is 9.92. The summed E-state index contributed by atoms with van der Waals surface area (Å²) in [7, 11) is 0. The standard InChI is InChI=1S/C32H37N9/c1-23(2)10-13-34-31-27-8-6-25(19-29(27)36-21-38-31)40-15-17-41(18-16-40)26-7-9-28-30(20-26)37-22-39-32(28)35-14-11-24-5-3-4-12-33-24/h3-9,12,19-23H,10-11,13-18H2,1-2H3,(H,34,36,38)(H,35,37,39). The zero-order valence-corrected chi connectivity index (χ0v) is 23.8. The molecule has 2 aromatic carbocycles. The Labute approximate surface area is 241 Å². The first kappa shape index (κ1) is 26.7. The number of nitrogens with zero attached hydrogens (tertiary/aromatic N) is 7. The summed E-state index contributed by atoms with van der Waals surface area (Å²) in [4.78, 5) is 27.4. The van der Waals surface area contributed by atoms with E-state index in [0.29, 0.717) is 5.92 Å².